The van der Waals surface area contributed by atoms with Crippen molar-refractivity contribution in [3.05, 3.63) is 0 Å². The maximum Gasteiger partial charge on any atom is 0.312 e. The van der Waals surface area contributed by atoms with E-state index in [1.54, 1.807) is 0 Å². The van der Waals surface area contributed by atoms with Crippen LogP contribution in [0.1, 0.15) is 60.3 Å². The van der Waals surface area contributed by atoms with Crippen LogP contribution < -0.4 is 0 Å². The highest BCUT2D eigenvalue weighted by Crippen LogP contribution is 2.47. The minimum absolute atomic E-state index is 0.0644. The van der Waals surface area contributed by atoms with Gasteiger partial charge >= 0.3 is 5.97 Å². The van der Waals surface area contributed by atoms with Crippen LogP contribution in [0, 0.1) is 5.41 Å². The van der Waals surface area contributed by atoms with Crippen molar-refractivity contribution in [1.29, 1.82) is 0 Å². The second-order valence-corrected chi connectivity index (χ2v) is 7.43. The van der Waals surface area contributed by atoms with Crippen LogP contribution in [0.4, 0.5) is 0 Å². The normalized spacial score (nSPS) is 29.9. The Morgan fingerprint density at radius 2 is 1.56 bits per heavy atom. The van der Waals surface area contributed by atoms with Gasteiger partial charge in [0.15, 0.2) is 0 Å². The third-order valence-electron chi connectivity index (χ3n) is 4.37. The second kappa shape index (κ2) is 3.94. The van der Waals surface area contributed by atoms with Gasteiger partial charge in [0.05, 0.1) is 5.41 Å². The number of carbonyl (C=O) groups is 1. The van der Waals surface area contributed by atoms with Gasteiger partial charge in [0.25, 0.3) is 0 Å². The predicted molar refractivity (Wildman–Crippen MR) is 68.2 cm³/mol. The van der Waals surface area contributed by atoms with Gasteiger partial charge in [-0.3, -0.25) is 4.79 Å². The molecular weight excluding hydrogens is 230 g/mol. The molecule has 1 N–H and O–H groups in total. The smallest absolute Gasteiger partial charge is 0.312 e. The van der Waals surface area contributed by atoms with Crippen LogP contribution in [0.15, 0.2) is 0 Å². The monoisotopic (exact) mass is 255 g/mol. The summed E-state index contributed by atoms with van der Waals surface area (Å²) in [6.45, 7) is 9.88. The van der Waals surface area contributed by atoms with Crippen molar-refractivity contribution < 1.29 is 14.7 Å². The van der Waals surface area contributed by atoms with Crippen LogP contribution >= 0.6 is 0 Å². The van der Waals surface area contributed by atoms with E-state index in [1.807, 2.05) is 34.6 Å². The zero-order valence-electron chi connectivity index (χ0n) is 12.1. The topological polar surface area (TPSA) is 49.8 Å². The summed E-state index contributed by atoms with van der Waals surface area (Å²) in [5, 5.41) is 11.6. The van der Waals surface area contributed by atoms with Crippen molar-refractivity contribution in [3.8, 4) is 0 Å². The first kappa shape index (κ1) is 13.8. The first-order valence-corrected chi connectivity index (χ1v) is 6.77. The summed E-state index contributed by atoms with van der Waals surface area (Å²) >= 11 is 0. The van der Waals surface area contributed by atoms with E-state index in [4.69, 9.17) is 4.74 Å². The van der Waals surface area contributed by atoms with E-state index in [9.17, 15) is 10.0 Å². The first-order valence-electron chi connectivity index (χ1n) is 6.77. The van der Waals surface area contributed by atoms with Gasteiger partial charge in [-0.1, -0.05) is 0 Å². The largest absolute Gasteiger partial charge is 0.462 e. The lowest BCUT2D eigenvalue weighted by Crippen LogP contribution is -2.60. The summed E-state index contributed by atoms with van der Waals surface area (Å²) in [5.41, 5.74) is -0.959. The predicted octanol–water partition coefficient (Wildman–Crippen LogP) is 2.74. The van der Waals surface area contributed by atoms with Gasteiger partial charge in [-0.15, -0.1) is 0 Å². The molecule has 1 saturated carbocycles. The lowest BCUT2D eigenvalue weighted by Gasteiger charge is -2.51. The Morgan fingerprint density at radius 1 is 1.11 bits per heavy atom. The molecule has 0 atom stereocenters. The van der Waals surface area contributed by atoms with Gasteiger partial charge in [0.1, 0.15) is 6.10 Å². The third kappa shape index (κ3) is 2.41. The van der Waals surface area contributed by atoms with Crippen molar-refractivity contribution in [2.24, 2.45) is 5.41 Å². The molecule has 1 aliphatic heterocycles. The second-order valence-electron chi connectivity index (χ2n) is 7.43. The van der Waals surface area contributed by atoms with Gasteiger partial charge in [-0.2, -0.15) is 5.06 Å². The number of piperidine rings is 1. The third-order valence-corrected chi connectivity index (χ3v) is 4.37. The van der Waals surface area contributed by atoms with Crippen molar-refractivity contribution >= 4 is 5.97 Å². The Bertz CT molecular complexity index is 340. The van der Waals surface area contributed by atoms with Gasteiger partial charge < -0.3 is 9.94 Å². The number of rotatable bonds is 2. The minimum Gasteiger partial charge on any atom is -0.462 e. The number of hydrogen-bond acceptors (Lipinski definition) is 4. The Kier molecular flexibility index (Phi) is 3.02. The van der Waals surface area contributed by atoms with Gasteiger partial charge in [0.2, 0.25) is 0 Å². The molecule has 0 aromatic carbocycles. The average Bonchev–Trinajstić information content (AvgIpc) is 2.93. The fraction of sp³-hybridized carbons (Fsp3) is 0.929. The SMILES string of the molecule is CC1(C(=O)OC2CC(C)(C)N(O)C(C)(C)C2)CC1. The highest BCUT2D eigenvalue weighted by molar-refractivity contribution is 5.79. The maximum atomic E-state index is 12.0. The molecule has 1 saturated heterocycles. The number of esters is 1. The van der Waals surface area contributed by atoms with E-state index in [-0.39, 0.29) is 28.6 Å². The van der Waals surface area contributed by atoms with Crippen LogP contribution in [-0.4, -0.2) is 33.4 Å². The molecule has 0 aromatic heterocycles. The number of hydroxylamine groups is 2. The van der Waals surface area contributed by atoms with Crippen LogP contribution in [0.25, 0.3) is 0 Å². The summed E-state index contributed by atoms with van der Waals surface area (Å²) in [6, 6.07) is 0. The van der Waals surface area contributed by atoms with E-state index in [2.05, 4.69) is 0 Å². The number of hydrogen-bond donors (Lipinski definition) is 1. The molecule has 0 amide bonds. The molecule has 2 aliphatic rings. The Balaban J connectivity index is 2.04. The number of ether oxygens (including phenoxy) is 1. The zero-order valence-corrected chi connectivity index (χ0v) is 12.1. The number of carbonyl (C=O) groups excluding carboxylic acids is 1. The molecule has 0 unspecified atom stereocenters. The lowest BCUT2D eigenvalue weighted by atomic mass is 9.80. The van der Waals surface area contributed by atoms with E-state index < -0.39 is 0 Å². The van der Waals surface area contributed by atoms with Crippen molar-refractivity contribution in [3.63, 3.8) is 0 Å². The zero-order chi connectivity index (χ0) is 13.8. The molecule has 4 heteroatoms. The first-order chi connectivity index (χ1) is 8.07. The standard InChI is InChI=1S/C14H25NO3/c1-12(2)8-10(9-13(3,4)15(12)17)18-11(16)14(5)6-7-14/h10,17H,6-9H2,1-5H3. The van der Waals surface area contributed by atoms with Crippen LogP contribution in [0.5, 0.6) is 0 Å². The Morgan fingerprint density at radius 3 is 1.94 bits per heavy atom. The lowest BCUT2D eigenvalue weighted by molar-refractivity contribution is -0.260. The van der Waals surface area contributed by atoms with E-state index in [0.29, 0.717) is 12.8 Å². The Hall–Kier alpha value is -0.610. The van der Waals surface area contributed by atoms with Crippen LogP contribution in [0.2, 0.25) is 0 Å². The Labute approximate surface area is 109 Å². The van der Waals surface area contributed by atoms with Crippen LogP contribution in [0.3, 0.4) is 0 Å². The molecule has 104 valence electrons. The molecule has 0 spiro atoms. The van der Waals surface area contributed by atoms with E-state index >= 15 is 0 Å². The molecule has 1 heterocycles. The van der Waals surface area contributed by atoms with E-state index in [0.717, 1.165) is 12.8 Å². The summed E-state index contributed by atoms with van der Waals surface area (Å²) in [7, 11) is 0. The molecule has 1 aliphatic carbocycles. The van der Waals surface area contributed by atoms with Crippen molar-refractivity contribution in [2.75, 3.05) is 0 Å². The molecule has 0 radical (unpaired) electrons. The molecule has 4 nitrogen and oxygen atoms in total. The molecule has 2 fully saturated rings. The molecule has 2 rings (SSSR count). The molecule has 18 heavy (non-hydrogen) atoms. The quantitative estimate of drug-likeness (QED) is 0.771. The number of nitrogens with zero attached hydrogens (tertiary/aromatic N) is 1. The van der Waals surface area contributed by atoms with Gasteiger partial charge in [-0.25, -0.2) is 0 Å². The maximum absolute atomic E-state index is 12.0. The molecule has 0 bridgehead atoms. The van der Waals surface area contributed by atoms with Crippen molar-refractivity contribution in [2.45, 2.75) is 77.5 Å². The summed E-state index contributed by atoms with van der Waals surface area (Å²) in [6.07, 6.45) is 3.14. The van der Waals surface area contributed by atoms with Gasteiger partial charge in [0, 0.05) is 23.9 Å². The minimum atomic E-state index is -0.364. The van der Waals surface area contributed by atoms with Gasteiger partial charge in [-0.05, 0) is 47.5 Å². The highest BCUT2D eigenvalue weighted by atomic mass is 16.6. The van der Waals surface area contributed by atoms with E-state index in [1.165, 1.54) is 5.06 Å². The fourth-order valence-electron chi connectivity index (χ4n) is 2.95. The summed E-state index contributed by atoms with van der Waals surface area (Å²) in [5.74, 6) is -0.0644. The molecule has 0 aromatic rings. The van der Waals surface area contributed by atoms with Crippen molar-refractivity contribution in [1.82, 2.24) is 5.06 Å². The highest BCUT2D eigenvalue weighted by Gasteiger charge is 2.50. The summed E-state index contributed by atoms with van der Waals surface area (Å²) in [4.78, 5) is 12.0. The average molecular weight is 255 g/mol. The van der Waals surface area contributed by atoms with Crippen LogP contribution in [-0.2, 0) is 9.53 Å². The molecular formula is C14H25NO3. The summed E-state index contributed by atoms with van der Waals surface area (Å²) < 4.78 is 5.66. The fourth-order valence-corrected chi connectivity index (χ4v) is 2.95.